The van der Waals surface area contributed by atoms with E-state index in [2.05, 4.69) is 37.4 Å². The van der Waals surface area contributed by atoms with E-state index in [0.29, 0.717) is 50.0 Å². The van der Waals surface area contributed by atoms with E-state index in [-0.39, 0.29) is 24.2 Å². The van der Waals surface area contributed by atoms with E-state index in [1.807, 2.05) is 55.3 Å². The van der Waals surface area contributed by atoms with Crippen molar-refractivity contribution in [3.63, 3.8) is 0 Å². The number of aryl methyl sites for hydroxylation is 1. The molecule has 0 atom stereocenters. The molecule has 0 radical (unpaired) electrons. The van der Waals surface area contributed by atoms with Crippen molar-refractivity contribution in [1.29, 1.82) is 0 Å². The van der Waals surface area contributed by atoms with E-state index in [9.17, 15) is 4.79 Å². The summed E-state index contributed by atoms with van der Waals surface area (Å²) in [5.41, 5.74) is 8.72. The third kappa shape index (κ3) is 4.15. The number of halogens is 1. The average Bonchev–Trinajstić information content (AvgIpc) is 3.32. The summed E-state index contributed by atoms with van der Waals surface area (Å²) in [4.78, 5) is 27.1. The standard InChI is InChI=1S/C29H24FN7O2/c1-15(2)28(38)35-18-7-5-17(6-8-18)22-10-9-19-26(37(22)4)25-23-20(13-33-36-21(23)14-32-25)24(30)27(19)39-29-31-12-11-16(3)34-29/h5-12,14,33H,1,13H2,2-4H3,(H,35,38). The maximum Gasteiger partial charge on any atom is 0.322 e. The van der Waals surface area contributed by atoms with Crippen molar-refractivity contribution in [2.45, 2.75) is 20.4 Å². The fourth-order valence-electron chi connectivity index (χ4n) is 4.71. The van der Waals surface area contributed by atoms with E-state index in [0.717, 1.165) is 11.3 Å². The summed E-state index contributed by atoms with van der Waals surface area (Å²) in [5.74, 6) is -0.753. The number of carbonyl (C=O) groups excluding carboxylic acids is 1. The number of amides is 1. The Balaban J connectivity index is 1.52. The summed E-state index contributed by atoms with van der Waals surface area (Å²) in [6.07, 6.45) is 6.91. The molecule has 1 aromatic carbocycles. The molecule has 1 amide bonds. The highest BCUT2D eigenvalue weighted by atomic mass is 19.1. The van der Waals surface area contributed by atoms with Gasteiger partial charge in [-0.3, -0.25) is 9.78 Å². The van der Waals surface area contributed by atoms with Gasteiger partial charge in [0.25, 0.3) is 5.91 Å². The monoisotopic (exact) mass is 521 g/mol. The summed E-state index contributed by atoms with van der Waals surface area (Å²) < 4.78 is 22.3. The second-order valence-electron chi connectivity index (χ2n) is 9.37. The van der Waals surface area contributed by atoms with Crippen molar-refractivity contribution in [1.82, 2.24) is 20.4 Å². The first kappa shape index (κ1) is 24.2. The molecule has 4 heterocycles. The molecule has 39 heavy (non-hydrogen) atoms. The van der Waals surface area contributed by atoms with Gasteiger partial charge in [-0.15, -0.1) is 0 Å². The molecular weight excluding hydrogens is 497 g/mol. The van der Waals surface area contributed by atoms with Crippen molar-refractivity contribution in [3.05, 3.63) is 94.2 Å². The summed E-state index contributed by atoms with van der Waals surface area (Å²) in [5, 5.41) is 8.22. The van der Waals surface area contributed by atoms with Gasteiger partial charge in [0.1, 0.15) is 5.36 Å². The smallest absolute Gasteiger partial charge is 0.322 e. The highest BCUT2D eigenvalue weighted by molar-refractivity contribution is 6.03. The Morgan fingerprint density at radius 1 is 1.18 bits per heavy atom. The number of nitrogens with one attached hydrogen (secondary N) is 2. The Kier molecular flexibility index (Phi) is 5.79. The second kappa shape index (κ2) is 9.32. The van der Waals surface area contributed by atoms with Crippen LogP contribution in [0.3, 0.4) is 0 Å². The fourth-order valence-corrected chi connectivity index (χ4v) is 4.71. The maximum atomic E-state index is 16.3. The third-order valence-corrected chi connectivity index (χ3v) is 6.65. The minimum Gasteiger partial charge on any atom is -0.420 e. The van der Waals surface area contributed by atoms with Gasteiger partial charge in [0.05, 0.1) is 24.1 Å². The Morgan fingerprint density at radius 3 is 2.72 bits per heavy atom. The topological polar surface area (TPSA) is 105 Å². The molecule has 2 N–H and O–H groups in total. The van der Waals surface area contributed by atoms with Gasteiger partial charge >= 0.3 is 6.01 Å². The van der Waals surface area contributed by atoms with Crippen LogP contribution in [0.5, 0.6) is 11.8 Å². The Bertz CT molecular complexity index is 1800. The highest BCUT2D eigenvalue weighted by Crippen LogP contribution is 2.38. The first-order valence-corrected chi connectivity index (χ1v) is 12.3. The molecular formula is C29H24FN7O2. The van der Waals surface area contributed by atoms with Crippen LogP contribution >= 0.6 is 0 Å². The summed E-state index contributed by atoms with van der Waals surface area (Å²) in [6, 6.07) is 9.26. The number of fused-ring (bicyclic) bond motifs is 2. The van der Waals surface area contributed by atoms with Crippen LogP contribution in [0.15, 0.2) is 66.1 Å². The fraction of sp³-hybridized carbons (Fsp3) is 0.138. The summed E-state index contributed by atoms with van der Waals surface area (Å²) in [7, 11) is 1.90. The lowest BCUT2D eigenvalue weighted by Gasteiger charge is -2.27. The predicted molar refractivity (Wildman–Crippen MR) is 146 cm³/mol. The Labute approximate surface area is 223 Å². The van der Waals surface area contributed by atoms with Gasteiger partial charge in [0, 0.05) is 52.2 Å². The quantitative estimate of drug-likeness (QED) is 0.387. The predicted octanol–water partition coefficient (Wildman–Crippen LogP) is 3.64. The lowest BCUT2D eigenvalue weighted by atomic mass is 10.0. The number of nitrogens with zero attached hydrogens (tertiary/aromatic N) is 5. The van der Waals surface area contributed by atoms with E-state index in [4.69, 9.17) is 4.74 Å². The second-order valence-corrected chi connectivity index (χ2v) is 9.37. The zero-order valence-corrected chi connectivity index (χ0v) is 21.5. The van der Waals surface area contributed by atoms with Gasteiger partial charge in [-0.05, 0) is 49.8 Å². The number of ether oxygens (including phenoxy) is 1. The first-order valence-electron chi connectivity index (χ1n) is 12.3. The molecule has 1 aromatic heterocycles. The lowest BCUT2D eigenvalue weighted by molar-refractivity contribution is -0.112. The number of aromatic nitrogens is 3. The maximum absolute atomic E-state index is 16.3. The number of rotatable bonds is 5. The van der Waals surface area contributed by atoms with Gasteiger partial charge < -0.3 is 20.4 Å². The molecule has 6 rings (SSSR count). The minimum atomic E-state index is -0.526. The van der Waals surface area contributed by atoms with Gasteiger partial charge in [-0.2, -0.15) is 5.10 Å². The number of anilines is 2. The van der Waals surface area contributed by atoms with Gasteiger partial charge in [-0.25, -0.2) is 14.4 Å². The molecule has 3 aliphatic heterocycles. The van der Waals surface area contributed by atoms with E-state index in [1.54, 1.807) is 25.4 Å². The van der Waals surface area contributed by atoms with E-state index < -0.39 is 5.82 Å². The van der Waals surface area contributed by atoms with Gasteiger partial charge in [-0.1, -0.05) is 18.7 Å². The number of hydrogen-bond donors (Lipinski definition) is 2. The van der Waals surface area contributed by atoms with Crippen LogP contribution < -0.4 is 31.0 Å². The molecule has 0 unspecified atom stereocenters. The van der Waals surface area contributed by atoms with Crippen LogP contribution in [0.25, 0.3) is 23.0 Å². The number of carbonyl (C=O) groups is 1. The Hall–Kier alpha value is -5.12. The lowest BCUT2D eigenvalue weighted by Crippen LogP contribution is -2.26. The molecule has 9 nitrogen and oxygen atoms in total. The minimum absolute atomic E-state index is 0.0123. The van der Waals surface area contributed by atoms with Crippen molar-refractivity contribution in [2.75, 3.05) is 17.3 Å². The molecule has 194 valence electrons. The van der Waals surface area contributed by atoms with Crippen molar-refractivity contribution < 1.29 is 13.9 Å². The van der Waals surface area contributed by atoms with Crippen LogP contribution in [0.4, 0.5) is 15.8 Å². The third-order valence-electron chi connectivity index (χ3n) is 6.65. The Morgan fingerprint density at radius 2 is 1.97 bits per heavy atom. The zero-order valence-electron chi connectivity index (χ0n) is 21.5. The van der Waals surface area contributed by atoms with Crippen molar-refractivity contribution in [2.24, 2.45) is 5.10 Å². The molecule has 1 aliphatic carbocycles. The van der Waals surface area contributed by atoms with Crippen molar-refractivity contribution >= 4 is 29.1 Å². The number of allylic oxidation sites excluding steroid dienone is 1. The molecule has 0 bridgehead atoms. The van der Waals surface area contributed by atoms with Gasteiger partial charge in [0.15, 0.2) is 11.6 Å². The largest absolute Gasteiger partial charge is 0.420 e. The van der Waals surface area contributed by atoms with Gasteiger partial charge in [0.2, 0.25) is 0 Å². The van der Waals surface area contributed by atoms with Crippen LogP contribution in [-0.2, 0) is 11.3 Å². The number of benzene rings is 1. The average molecular weight is 522 g/mol. The van der Waals surface area contributed by atoms with Crippen LogP contribution in [0.2, 0.25) is 0 Å². The van der Waals surface area contributed by atoms with Crippen molar-refractivity contribution in [3.8, 4) is 23.0 Å². The molecule has 0 saturated heterocycles. The molecule has 0 spiro atoms. The van der Waals surface area contributed by atoms with Crippen LogP contribution in [0, 0.1) is 12.7 Å². The normalized spacial score (nSPS) is 13.4. The summed E-state index contributed by atoms with van der Waals surface area (Å²) in [6.45, 7) is 7.32. The van der Waals surface area contributed by atoms with E-state index in [1.165, 1.54) is 0 Å². The zero-order chi connectivity index (χ0) is 27.3. The SMILES string of the molecule is C=C(C)C(=O)Nc1ccc(C2=CC=c3c(Oc4nccc(C)n4)c(F)c4c5c(cnc-5c3N2C)=NNC4)cc1. The van der Waals surface area contributed by atoms with E-state index >= 15 is 4.39 Å². The molecule has 10 heteroatoms. The first-order chi connectivity index (χ1) is 18.8. The molecule has 0 saturated carbocycles. The molecule has 2 aromatic rings. The van der Waals surface area contributed by atoms with Crippen LogP contribution in [-0.4, -0.2) is 27.9 Å². The summed E-state index contributed by atoms with van der Waals surface area (Å²) >= 11 is 0. The molecule has 0 fully saturated rings. The number of hydrogen-bond acceptors (Lipinski definition) is 8. The van der Waals surface area contributed by atoms with Crippen LogP contribution in [0.1, 0.15) is 23.7 Å². The molecule has 4 aliphatic rings. The highest BCUT2D eigenvalue weighted by Gasteiger charge is 2.30.